The van der Waals surface area contributed by atoms with E-state index in [0.29, 0.717) is 18.8 Å². The van der Waals surface area contributed by atoms with Crippen LogP contribution in [0.2, 0.25) is 0 Å². The van der Waals surface area contributed by atoms with Gasteiger partial charge in [-0.15, -0.1) is 0 Å². The van der Waals surface area contributed by atoms with Crippen LogP contribution in [0, 0.1) is 5.82 Å². The van der Waals surface area contributed by atoms with Crippen LogP contribution in [0.1, 0.15) is 31.2 Å². The van der Waals surface area contributed by atoms with Crippen molar-refractivity contribution in [3.63, 3.8) is 0 Å². The van der Waals surface area contributed by atoms with Crippen molar-refractivity contribution in [3.8, 4) is 0 Å². The van der Waals surface area contributed by atoms with Gasteiger partial charge in [0.1, 0.15) is 5.82 Å². The Morgan fingerprint density at radius 1 is 1.25 bits per heavy atom. The molecule has 0 spiro atoms. The van der Waals surface area contributed by atoms with Gasteiger partial charge in [-0.05, 0) is 43.4 Å². The Morgan fingerprint density at radius 2 is 2.00 bits per heavy atom. The molecule has 1 aliphatic rings. The molecule has 0 saturated heterocycles. The predicted octanol–water partition coefficient (Wildman–Crippen LogP) is 2.61. The van der Waals surface area contributed by atoms with Crippen LogP contribution in [0.25, 0.3) is 0 Å². The zero-order valence-corrected chi connectivity index (χ0v) is 9.36. The maximum Gasteiger partial charge on any atom is 0.123 e. The van der Waals surface area contributed by atoms with Gasteiger partial charge in [-0.1, -0.05) is 12.1 Å². The molecule has 0 amide bonds. The fourth-order valence-corrected chi connectivity index (χ4v) is 2.10. The van der Waals surface area contributed by atoms with Crippen molar-refractivity contribution < 1.29 is 9.13 Å². The largest absolute Gasteiger partial charge is 0.374 e. The lowest BCUT2D eigenvalue weighted by molar-refractivity contribution is 0.0137. The van der Waals surface area contributed by atoms with E-state index in [0.717, 1.165) is 31.2 Å². The van der Waals surface area contributed by atoms with Gasteiger partial charge in [0, 0.05) is 6.04 Å². The molecule has 88 valence electrons. The second-order valence-corrected chi connectivity index (χ2v) is 4.48. The van der Waals surface area contributed by atoms with Crippen molar-refractivity contribution in [1.82, 2.24) is 0 Å². The zero-order valence-electron chi connectivity index (χ0n) is 9.36. The van der Waals surface area contributed by atoms with Crippen LogP contribution in [-0.4, -0.2) is 12.1 Å². The molecule has 0 radical (unpaired) electrons. The van der Waals surface area contributed by atoms with Gasteiger partial charge in [0.2, 0.25) is 0 Å². The lowest BCUT2D eigenvalue weighted by Gasteiger charge is -2.26. The van der Waals surface area contributed by atoms with Crippen molar-refractivity contribution in [2.45, 2.75) is 44.4 Å². The molecule has 16 heavy (non-hydrogen) atoms. The van der Waals surface area contributed by atoms with Gasteiger partial charge in [0.15, 0.2) is 0 Å². The summed E-state index contributed by atoms with van der Waals surface area (Å²) in [6.07, 6.45) is 4.41. The first kappa shape index (κ1) is 11.6. The topological polar surface area (TPSA) is 35.2 Å². The number of hydrogen-bond donors (Lipinski definition) is 1. The summed E-state index contributed by atoms with van der Waals surface area (Å²) < 4.78 is 18.7. The summed E-state index contributed by atoms with van der Waals surface area (Å²) in [4.78, 5) is 0. The van der Waals surface area contributed by atoms with Crippen molar-refractivity contribution in [2.24, 2.45) is 5.73 Å². The van der Waals surface area contributed by atoms with E-state index < -0.39 is 0 Å². The average molecular weight is 223 g/mol. The van der Waals surface area contributed by atoms with Crippen LogP contribution >= 0.6 is 0 Å². The zero-order chi connectivity index (χ0) is 11.4. The van der Waals surface area contributed by atoms with E-state index in [1.54, 1.807) is 6.07 Å². The SMILES string of the molecule is NC1CCC(OCc2cccc(F)c2)CC1. The molecule has 0 aromatic heterocycles. The van der Waals surface area contributed by atoms with E-state index in [9.17, 15) is 4.39 Å². The third kappa shape index (κ3) is 3.29. The molecule has 1 aliphatic carbocycles. The third-order valence-electron chi connectivity index (χ3n) is 3.09. The van der Waals surface area contributed by atoms with E-state index in [1.807, 2.05) is 6.07 Å². The van der Waals surface area contributed by atoms with Crippen LogP contribution in [0.5, 0.6) is 0 Å². The van der Waals surface area contributed by atoms with Crippen molar-refractivity contribution in [3.05, 3.63) is 35.6 Å². The number of halogens is 1. The summed E-state index contributed by atoms with van der Waals surface area (Å²) in [5, 5.41) is 0. The van der Waals surface area contributed by atoms with Gasteiger partial charge in [-0.3, -0.25) is 0 Å². The Balaban J connectivity index is 1.79. The first-order valence-corrected chi connectivity index (χ1v) is 5.85. The average Bonchev–Trinajstić information content (AvgIpc) is 2.28. The normalized spacial score (nSPS) is 25.6. The molecule has 1 aromatic carbocycles. The molecule has 0 heterocycles. The number of rotatable bonds is 3. The number of ether oxygens (including phenoxy) is 1. The van der Waals surface area contributed by atoms with E-state index in [-0.39, 0.29) is 5.82 Å². The summed E-state index contributed by atoms with van der Waals surface area (Å²) in [7, 11) is 0. The van der Waals surface area contributed by atoms with Crippen molar-refractivity contribution >= 4 is 0 Å². The lowest BCUT2D eigenvalue weighted by Crippen LogP contribution is -2.30. The van der Waals surface area contributed by atoms with E-state index in [2.05, 4.69) is 0 Å². The van der Waals surface area contributed by atoms with Crippen molar-refractivity contribution in [2.75, 3.05) is 0 Å². The lowest BCUT2D eigenvalue weighted by atomic mass is 9.94. The first-order chi connectivity index (χ1) is 7.74. The highest BCUT2D eigenvalue weighted by Crippen LogP contribution is 2.21. The van der Waals surface area contributed by atoms with Crippen molar-refractivity contribution in [1.29, 1.82) is 0 Å². The molecular weight excluding hydrogens is 205 g/mol. The number of benzene rings is 1. The summed E-state index contributed by atoms with van der Waals surface area (Å²) in [5.41, 5.74) is 6.72. The maximum atomic E-state index is 12.9. The molecule has 2 rings (SSSR count). The summed E-state index contributed by atoms with van der Waals surface area (Å²) in [6.45, 7) is 0.498. The van der Waals surface area contributed by atoms with E-state index >= 15 is 0 Å². The Kier molecular flexibility index (Phi) is 3.91. The molecule has 1 saturated carbocycles. The van der Waals surface area contributed by atoms with Crippen LogP contribution in [0.3, 0.4) is 0 Å². The molecule has 3 heteroatoms. The summed E-state index contributed by atoms with van der Waals surface area (Å²) in [5.74, 6) is -0.202. The minimum atomic E-state index is -0.202. The van der Waals surface area contributed by atoms with Crippen LogP contribution in [0.4, 0.5) is 4.39 Å². The fourth-order valence-electron chi connectivity index (χ4n) is 2.10. The number of nitrogens with two attached hydrogens (primary N) is 1. The van der Waals surface area contributed by atoms with Crippen LogP contribution in [-0.2, 0) is 11.3 Å². The molecule has 1 aromatic rings. The summed E-state index contributed by atoms with van der Waals surface area (Å²) in [6, 6.07) is 6.91. The molecule has 0 aliphatic heterocycles. The van der Waals surface area contributed by atoms with Crippen LogP contribution < -0.4 is 5.73 Å². The molecule has 2 N–H and O–H groups in total. The Bertz CT molecular complexity index is 334. The standard InChI is InChI=1S/C13H18FNO/c14-11-3-1-2-10(8-11)9-16-13-6-4-12(15)5-7-13/h1-3,8,12-13H,4-7,9,15H2. The fraction of sp³-hybridized carbons (Fsp3) is 0.538. The van der Waals surface area contributed by atoms with Gasteiger partial charge < -0.3 is 10.5 Å². The highest BCUT2D eigenvalue weighted by atomic mass is 19.1. The van der Waals surface area contributed by atoms with E-state index in [4.69, 9.17) is 10.5 Å². The van der Waals surface area contributed by atoms with Gasteiger partial charge in [0.05, 0.1) is 12.7 Å². The second-order valence-electron chi connectivity index (χ2n) is 4.48. The Morgan fingerprint density at radius 3 is 2.69 bits per heavy atom. The molecule has 0 atom stereocenters. The van der Waals surface area contributed by atoms with Crippen LogP contribution in [0.15, 0.2) is 24.3 Å². The second kappa shape index (κ2) is 5.41. The molecule has 2 nitrogen and oxygen atoms in total. The van der Waals surface area contributed by atoms with Gasteiger partial charge in [-0.25, -0.2) is 4.39 Å². The molecule has 0 unspecified atom stereocenters. The quantitative estimate of drug-likeness (QED) is 0.855. The Hall–Kier alpha value is -0.930. The minimum absolute atomic E-state index is 0.202. The van der Waals surface area contributed by atoms with Gasteiger partial charge >= 0.3 is 0 Å². The summed E-state index contributed by atoms with van der Waals surface area (Å²) >= 11 is 0. The highest BCUT2D eigenvalue weighted by Gasteiger charge is 2.18. The maximum absolute atomic E-state index is 12.9. The molecular formula is C13H18FNO. The Labute approximate surface area is 95.6 Å². The smallest absolute Gasteiger partial charge is 0.123 e. The monoisotopic (exact) mass is 223 g/mol. The molecule has 0 bridgehead atoms. The first-order valence-electron chi connectivity index (χ1n) is 5.85. The minimum Gasteiger partial charge on any atom is -0.374 e. The number of hydrogen-bond acceptors (Lipinski definition) is 2. The van der Waals surface area contributed by atoms with E-state index in [1.165, 1.54) is 12.1 Å². The van der Waals surface area contributed by atoms with Gasteiger partial charge in [-0.2, -0.15) is 0 Å². The predicted molar refractivity (Wildman–Crippen MR) is 61.4 cm³/mol. The highest BCUT2D eigenvalue weighted by molar-refractivity contribution is 5.15. The molecule has 1 fully saturated rings. The van der Waals surface area contributed by atoms with Gasteiger partial charge in [0.25, 0.3) is 0 Å². The third-order valence-corrected chi connectivity index (χ3v) is 3.09.